The lowest BCUT2D eigenvalue weighted by atomic mass is 9.93. The van der Waals surface area contributed by atoms with E-state index in [1.54, 1.807) is 0 Å². The van der Waals surface area contributed by atoms with Crippen molar-refractivity contribution in [3.05, 3.63) is 34.9 Å². The van der Waals surface area contributed by atoms with E-state index in [0.29, 0.717) is 24.4 Å². The molecule has 1 aromatic rings. The minimum Gasteiger partial charge on any atom is -0.388 e. The van der Waals surface area contributed by atoms with E-state index in [-0.39, 0.29) is 5.91 Å². The van der Waals surface area contributed by atoms with Crippen molar-refractivity contribution >= 4 is 17.5 Å². The first kappa shape index (κ1) is 15.3. The number of benzene rings is 1. The molecule has 1 aliphatic carbocycles. The quantitative estimate of drug-likeness (QED) is 0.847. The van der Waals surface area contributed by atoms with Crippen molar-refractivity contribution in [3.8, 4) is 0 Å². The van der Waals surface area contributed by atoms with Crippen molar-refractivity contribution in [1.82, 2.24) is 5.32 Å². The van der Waals surface area contributed by atoms with E-state index in [9.17, 15) is 9.90 Å². The summed E-state index contributed by atoms with van der Waals surface area (Å²) in [4.78, 5) is 12.4. The molecule has 1 amide bonds. The molecule has 0 atom stereocenters. The Morgan fingerprint density at radius 1 is 1.30 bits per heavy atom. The van der Waals surface area contributed by atoms with E-state index >= 15 is 0 Å². The molecule has 1 aromatic carbocycles. The van der Waals surface area contributed by atoms with Gasteiger partial charge in [0.15, 0.2) is 0 Å². The van der Waals surface area contributed by atoms with Crippen LogP contribution in [0.2, 0.25) is 5.02 Å². The number of carbonyl (C=O) groups excluding carboxylic acids is 1. The van der Waals surface area contributed by atoms with Gasteiger partial charge in [-0.25, -0.2) is 0 Å². The van der Waals surface area contributed by atoms with Gasteiger partial charge in [-0.05, 0) is 43.4 Å². The summed E-state index contributed by atoms with van der Waals surface area (Å²) in [6, 6.07) is 7.47. The fourth-order valence-electron chi connectivity index (χ4n) is 2.45. The van der Waals surface area contributed by atoms with E-state index in [1.165, 1.54) is 0 Å². The number of halogens is 1. The second-order valence-electron chi connectivity index (χ2n) is 5.70. The Hall–Kier alpha value is -1.06. The first-order chi connectivity index (χ1) is 9.46. The van der Waals surface area contributed by atoms with E-state index in [0.717, 1.165) is 18.4 Å². The molecule has 1 aliphatic rings. The largest absolute Gasteiger partial charge is 0.388 e. The monoisotopic (exact) mass is 295 g/mol. The second-order valence-corrected chi connectivity index (χ2v) is 6.14. The van der Waals surface area contributed by atoms with Gasteiger partial charge < -0.3 is 10.4 Å². The third kappa shape index (κ3) is 2.99. The van der Waals surface area contributed by atoms with Gasteiger partial charge in [0.25, 0.3) is 0 Å². The van der Waals surface area contributed by atoms with Gasteiger partial charge in [0.1, 0.15) is 0 Å². The number of carbonyl (C=O) groups is 1. The Balaban J connectivity index is 2.04. The fourth-order valence-corrected chi connectivity index (χ4v) is 2.58. The third-order valence-electron chi connectivity index (χ3n) is 4.48. The summed E-state index contributed by atoms with van der Waals surface area (Å²) >= 11 is 5.89. The van der Waals surface area contributed by atoms with Crippen LogP contribution in [0, 0.1) is 0 Å². The average Bonchev–Trinajstić information content (AvgIpc) is 3.27. The van der Waals surface area contributed by atoms with Crippen LogP contribution in [0.5, 0.6) is 0 Å². The topological polar surface area (TPSA) is 49.3 Å². The molecule has 0 heterocycles. The predicted octanol–water partition coefficient (Wildman–Crippen LogP) is 3.04. The molecular formula is C16H22ClNO2. The van der Waals surface area contributed by atoms with Crippen molar-refractivity contribution in [2.45, 2.75) is 50.5 Å². The normalized spacial score (nSPS) is 16.8. The highest BCUT2D eigenvalue weighted by molar-refractivity contribution is 6.30. The SMILES string of the molecule is CCC(O)(CC)CNC(=O)C1(c2ccc(Cl)cc2)CC1. The lowest BCUT2D eigenvalue weighted by Gasteiger charge is -2.27. The van der Waals surface area contributed by atoms with E-state index in [2.05, 4.69) is 5.32 Å². The van der Waals surface area contributed by atoms with Crippen molar-refractivity contribution < 1.29 is 9.90 Å². The zero-order valence-corrected chi connectivity index (χ0v) is 12.8. The summed E-state index contributed by atoms with van der Waals surface area (Å²) in [5, 5.41) is 13.8. The van der Waals surface area contributed by atoms with Crippen LogP contribution in [0.3, 0.4) is 0 Å². The molecule has 1 saturated carbocycles. The van der Waals surface area contributed by atoms with Gasteiger partial charge >= 0.3 is 0 Å². The first-order valence-corrected chi connectivity index (χ1v) is 7.60. The first-order valence-electron chi connectivity index (χ1n) is 7.22. The lowest BCUT2D eigenvalue weighted by molar-refractivity contribution is -0.125. The molecular weight excluding hydrogens is 274 g/mol. The third-order valence-corrected chi connectivity index (χ3v) is 4.73. The van der Waals surface area contributed by atoms with Gasteiger partial charge in [0.2, 0.25) is 5.91 Å². The summed E-state index contributed by atoms with van der Waals surface area (Å²) < 4.78 is 0. The maximum Gasteiger partial charge on any atom is 0.230 e. The molecule has 110 valence electrons. The molecule has 0 aliphatic heterocycles. The van der Waals surface area contributed by atoms with Gasteiger partial charge in [-0.15, -0.1) is 0 Å². The Bertz CT molecular complexity index is 476. The fraction of sp³-hybridized carbons (Fsp3) is 0.562. The number of hydrogen-bond acceptors (Lipinski definition) is 2. The molecule has 0 aromatic heterocycles. The molecule has 20 heavy (non-hydrogen) atoms. The molecule has 2 rings (SSSR count). The summed E-state index contributed by atoms with van der Waals surface area (Å²) in [7, 11) is 0. The molecule has 1 fully saturated rings. The Morgan fingerprint density at radius 3 is 2.30 bits per heavy atom. The molecule has 0 radical (unpaired) electrons. The van der Waals surface area contributed by atoms with Crippen molar-refractivity contribution in [2.75, 3.05) is 6.54 Å². The molecule has 2 N–H and O–H groups in total. The highest BCUT2D eigenvalue weighted by Gasteiger charge is 2.51. The van der Waals surface area contributed by atoms with E-state index in [1.807, 2.05) is 38.1 Å². The van der Waals surface area contributed by atoms with Gasteiger partial charge in [0.05, 0.1) is 11.0 Å². The highest BCUT2D eigenvalue weighted by atomic mass is 35.5. The van der Waals surface area contributed by atoms with Crippen molar-refractivity contribution in [2.24, 2.45) is 0 Å². The molecule has 0 spiro atoms. The van der Waals surface area contributed by atoms with Gasteiger partial charge in [-0.3, -0.25) is 4.79 Å². The maximum absolute atomic E-state index is 12.4. The van der Waals surface area contributed by atoms with Crippen molar-refractivity contribution in [1.29, 1.82) is 0 Å². The van der Waals surface area contributed by atoms with Gasteiger partial charge in [0, 0.05) is 11.6 Å². The molecule has 4 heteroatoms. The van der Waals surface area contributed by atoms with Gasteiger partial charge in [-0.1, -0.05) is 37.6 Å². The van der Waals surface area contributed by atoms with Crippen LogP contribution in [0.1, 0.15) is 45.1 Å². The number of nitrogens with one attached hydrogen (secondary N) is 1. The average molecular weight is 296 g/mol. The Kier molecular flexibility index (Phi) is 4.40. The molecule has 0 bridgehead atoms. The smallest absolute Gasteiger partial charge is 0.230 e. The number of hydrogen-bond donors (Lipinski definition) is 2. The Morgan fingerprint density at radius 2 is 1.85 bits per heavy atom. The van der Waals surface area contributed by atoms with Crippen LogP contribution in [0.4, 0.5) is 0 Å². The van der Waals surface area contributed by atoms with Crippen LogP contribution in [-0.2, 0) is 10.2 Å². The minimum absolute atomic E-state index is 0.0140. The summed E-state index contributed by atoms with van der Waals surface area (Å²) in [6.45, 7) is 4.18. The van der Waals surface area contributed by atoms with Crippen LogP contribution in [0.25, 0.3) is 0 Å². The molecule has 3 nitrogen and oxygen atoms in total. The van der Waals surface area contributed by atoms with Crippen LogP contribution >= 0.6 is 11.6 Å². The van der Waals surface area contributed by atoms with Crippen LogP contribution < -0.4 is 5.32 Å². The summed E-state index contributed by atoms with van der Waals surface area (Å²) in [6.07, 6.45) is 2.99. The Labute approximate surface area is 125 Å². The number of amides is 1. The number of rotatable bonds is 6. The van der Waals surface area contributed by atoms with E-state index < -0.39 is 11.0 Å². The minimum atomic E-state index is -0.800. The van der Waals surface area contributed by atoms with Crippen molar-refractivity contribution in [3.63, 3.8) is 0 Å². The van der Waals surface area contributed by atoms with E-state index in [4.69, 9.17) is 11.6 Å². The van der Waals surface area contributed by atoms with Gasteiger partial charge in [-0.2, -0.15) is 0 Å². The molecule has 0 unspecified atom stereocenters. The van der Waals surface area contributed by atoms with Crippen LogP contribution in [0.15, 0.2) is 24.3 Å². The highest BCUT2D eigenvalue weighted by Crippen LogP contribution is 2.48. The lowest BCUT2D eigenvalue weighted by Crippen LogP contribution is -2.45. The zero-order chi connectivity index (χ0) is 14.8. The standard InChI is InChI=1S/C16H22ClNO2/c1-3-15(20,4-2)11-18-14(19)16(9-10-16)12-5-7-13(17)8-6-12/h5-8,20H,3-4,9-11H2,1-2H3,(H,18,19). The summed E-state index contributed by atoms with van der Waals surface area (Å²) in [5.74, 6) is 0.0140. The molecule has 0 saturated heterocycles. The second kappa shape index (κ2) is 5.74. The zero-order valence-electron chi connectivity index (χ0n) is 12.1. The summed E-state index contributed by atoms with van der Waals surface area (Å²) in [5.41, 5.74) is -0.199. The van der Waals surface area contributed by atoms with Crippen LogP contribution in [-0.4, -0.2) is 23.2 Å². The number of aliphatic hydroxyl groups is 1. The predicted molar refractivity (Wildman–Crippen MR) is 80.9 cm³/mol. The maximum atomic E-state index is 12.4.